The van der Waals surface area contributed by atoms with E-state index in [4.69, 9.17) is 4.74 Å². The summed E-state index contributed by atoms with van der Waals surface area (Å²) in [6.45, 7) is 4.78. The molecular formula is C30H36N2O3. The highest BCUT2D eigenvalue weighted by Crippen LogP contribution is 2.27. The Hall–Kier alpha value is -3.44. The van der Waals surface area contributed by atoms with Crippen molar-refractivity contribution >= 4 is 11.8 Å². The first-order valence-corrected chi connectivity index (χ1v) is 12.4. The maximum Gasteiger partial charge on any atom is 0.246 e. The lowest BCUT2D eigenvalue weighted by Gasteiger charge is -2.24. The fraction of sp³-hybridized carbons (Fsp3) is 0.333. The Bertz CT molecular complexity index is 986. The molecule has 0 heterocycles. The minimum Gasteiger partial charge on any atom is -0.367 e. The van der Waals surface area contributed by atoms with Gasteiger partial charge in [-0.15, -0.1) is 0 Å². The summed E-state index contributed by atoms with van der Waals surface area (Å²) in [4.78, 5) is 25.6. The molecule has 0 aliphatic carbocycles. The zero-order chi connectivity index (χ0) is 24.9. The Morgan fingerprint density at radius 2 is 1.37 bits per heavy atom. The van der Waals surface area contributed by atoms with Crippen molar-refractivity contribution in [2.45, 2.75) is 45.3 Å². The zero-order valence-corrected chi connectivity index (χ0v) is 20.7. The molecule has 35 heavy (non-hydrogen) atoms. The van der Waals surface area contributed by atoms with Crippen LogP contribution in [0.15, 0.2) is 91.0 Å². The summed E-state index contributed by atoms with van der Waals surface area (Å²) in [6.07, 6.45) is 1.54. The van der Waals surface area contributed by atoms with Crippen LogP contribution in [0, 0.1) is 5.92 Å². The van der Waals surface area contributed by atoms with Crippen LogP contribution in [-0.4, -0.2) is 31.0 Å². The summed E-state index contributed by atoms with van der Waals surface area (Å²) in [7, 11) is 0. The molecule has 5 nitrogen and oxygen atoms in total. The number of hydrogen-bond donors (Lipinski definition) is 2. The van der Waals surface area contributed by atoms with Gasteiger partial charge >= 0.3 is 0 Å². The molecule has 2 atom stereocenters. The van der Waals surface area contributed by atoms with Crippen LogP contribution in [0.3, 0.4) is 0 Å². The molecule has 184 valence electrons. The highest BCUT2D eigenvalue weighted by Gasteiger charge is 2.26. The molecule has 0 aliphatic heterocycles. The van der Waals surface area contributed by atoms with Gasteiger partial charge in [0.25, 0.3) is 0 Å². The van der Waals surface area contributed by atoms with E-state index >= 15 is 0 Å². The van der Waals surface area contributed by atoms with Crippen molar-refractivity contribution in [1.29, 1.82) is 0 Å². The summed E-state index contributed by atoms with van der Waals surface area (Å²) < 4.78 is 5.54. The number of carbonyl (C=O) groups is 2. The standard InChI is InChI=1S/C30H36N2O3/c1-3-23(2)29(32-28(33)22-35-21-24-13-7-4-8-14-24)30(34)31-20-19-27(25-15-9-5-10-16-25)26-17-11-6-12-18-26/h4-18,23,27,29H,3,19-22H2,1-2H3,(H,31,34)(H,32,33). The monoisotopic (exact) mass is 472 g/mol. The molecular weight excluding hydrogens is 436 g/mol. The van der Waals surface area contributed by atoms with Crippen molar-refractivity contribution in [3.8, 4) is 0 Å². The van der Waals surface area contributed by atoms with Gasteiger partial charge in [0, 0.05) is 12.5 Å². The van der Waals surface area contributed by atoms with Crippen molar-refractivity contribution in [3.63, 3.8) is 0 Å². The van der Waals surface area contributed by atoms with Gasteiger partial charge in [0.1, 0.15) is 12.6 Å². The van der Waals surface area contributed by atoms with Crippen LogP contribution in [0.2, 0.25) is 0 Å². The number of ether oxygens (including phenoxy) is 1. The van der Waals surface area contributed by atoms with Crippen molar-refractivity contribution in [3.05, 3.63) is 108 Å². The van der Waals surface area contributed by atoms with Gasteiger partial charge in [0.2, 0.25) is 11.8 Å². The van der Waals surface area contributed by atoms with Gasteiger partial charge in [-0.2, -0.15) is 0 Å². The third-order valence-electron chi connectivity index (χ3n) is 6.29. The van der Waals surface area contributed by atoms with E-state index in [0.29, 0.717) is 13.2 Å². The number of hydrogen-bond acceptors (Lipinski definition) is 3. The van der Waals surface area contributed by atoms with E-state index in [1.807, 2.05) is 80.6 Å². The first-order valence-electron chi connectivity index (χ1n) is 12.4. The number of carbonyl (C=O) groups excluding carboxylic acids is 2. The Labute approximate surface area is 208 Å². The van der Waals surface area contributed by atoms with Crippen molar-refractivity contribution in [2.75, 3.05) is 13.2 Å². The number of rotatable bonds is 13. The predicted octanol–water partition coefficient (Wildman–Crippen LogP) is 5.07. The van der Waals surface area contributed by atoms with Crippen LogP contribution < -0.4 is 10.6 Å². The summed E-state index contributed by atoms with van der Waals surface area (Å²) in [5.41, 5.74) is 3.44. The van der Waals surface area contributed by atoms with E-state index in [1.54, 1.807) is 0 Å². The molecule has 0 saturated carbocycles. The molecule has 0 aromatic heterocycles. The third-order valence-corrected chi connectivity index (χ3v) is 6.29. The van der Waals surface area contributed by atoms with E-state index in [-0.39, 0.29) is 30.3 Å². The molecule has 0 fully saturated rings. The first-order chi connectivity index (χ1) is 17.1. The minimum atomic E-state index is -0.597. The van der Waals surface area contributed by atoms with Crippen LogP contribution in [0.4, 0.5) is 0 Å². The van der Waals surface area contributed by atoms with Gasteiger partial charge in [-0.05, 0) is 29.0 Å². The van der Waals surface area contributed by atoms with Gasteiger partial charge in [-0.3, -0.25) is 9.59 Å². The maximum atomic E-state index is 13.1. The minimum absolute atomic E-state index is 0.00659. The lowest BCUT2D eigenvalue weighted by molar-refractivity contribution is -0.132. The molecule has 2 unspecified atom stereocenters. The number of nitrogens with one attached hydrogen (secondary N) is 2. The van der Waals surface area contributed by atoms with Gasteiger partial charge in [0.05, 0.1) is 6.61 Å². The highest BCUT2D eigenvalue weighted by atomic mass is 16.5. The lowest BCUT2D eigenvalue weighted by atomic mass is 9.88. The summed E-state index contributed by atoms with van der Waals surface area (Å²) >= 11 is 0. The van der Waals surface area contributed by atoms with Gasteiger partial charge in [-0.1, -0.05) is 111 Å². The van der Waals surface area contributed by atoms with Crippen LogP contribution in [0.1, 0.15) is 49.3 Å². The van der Waals surface area contributed by atoms with Gasteiger partial charge in [-0.25, -0.2) is 0 Å². The molecule has 3 aromatic rings. The van der Waals surface area contributed by atoms with Crippen LogP contribution in [-0.2, 0) is 20.9 Å². The topological polar surface area (TPSA) is 67.4 Å². The van der Waals surface area contributed by atoms with Crippen molar-refractivity contribution < 1.29 is 14.3 Å². The fourth-order valence-corrected chi connectivity index (χ4v) is 4.10. The van der Waals surface area contributed by atoms with Crippen LogP contribution in [0.25, 0.3) is 0 Å². The van der Waals surface area contributed by atoms with E-state index in [2.05, 4.69) is 34.9 Å². The van der Waals surface area contributed by atoms with E-state index < -0.39 is 6.04 Å². The largest absolute Gasteiger partial charge is 0.367 e. The highest BCUT2D eigenvalue weighted by molar-refractivity contribution is 5.88. The molecule has 0 aliphatic rings. The van der Waals surface area contributed by atoms with Gasteiger partial charge < -0.3 is 15.4 Å². The van der Waals surface area contributed by atoms with E-state index in [0.717, 1.165) is 18.4 Å². The van der Waals surface area contributed by atoms with E-state index in [9.17, 15) is 9.59 Å². The number of amides is 2. The molecule has 2 N–H and O–H groups in total. The Morgan fingerprint density at radius 3 is 1.91 bits per heavy atom. The molecule has 3 aromatic carbocycles. The van der Waals surface area contributed by atoms with Crippen LogP contribution >= 0.6 is 0 Å². The normalized spacial score (nSPS) is 12.7. The molecule has 5 heteroatoms. The molecule has 3 rings (SSSR count). The molecule has 0 bridgehead atoms. The quantitative estimate of drug-likeness (QED) is 0.365. The fourth-order valence-electron chi connectivity index (χ4n) is 4.10. The number of benzene rings is 3. The first kappa shape index (κ1) is 26.2. The average Bonchev–Trinajstić information content (AvgIpc) is 2.91. The second kappa shape index (κ2) is 14.1. The second-order valence-corrected chi connectivity index (χ2v) is 8.86. The third kappa shape index (κ3) is 8.37. The molecule has 0 radical (unpaired) electrons. The second-order valence-electron chi connectivity index (χ2n) is 8.86. The summed E-state index contributed by atoms with van der Waals surface area (Å²) in [5, 5.41) is 5.94. The lowest BCUT2D eigenvalue weighted by Crippen LogP contribution is -2.51. The summed E-state index contributed by atoms with van der Waals surface area (Å²) in [5.74, 6) is -0.253. The molecule has 2 amide bonds. The van der Waals surface area contributed by atoms with Crippen molar-refractivity contribution in [2.24, 2.45) is 5.92 Å². The predicted molar refractivity (Wildman–Crippen MR) is 140 cm³/mol. The molecule has 0 saturated heterocycles. The van der Waals surface area contributed by atoms with Crippen LogP contribution in [0.5, 0.6) is 0 Å². The summed E-state index contributed by atoms with van der Waals surface area (Å²) in [6, 6.07) is 29.8. The zero-order valence-electron chi connectivity index (χ0n) is 20.7. The van der Waals surface area contributed by atoms with E-state index in [1.165, 1.54) is 11.1 Å². The maximum absolute atomic E-state index is 13.1. The smallest absolute Gasteiger partial charge is 0.246 e. The molecule has 0 spiro atoms. The Kier molecular flexibility index (Phi) is 10.5. The Balaban J connectivity index is 1.54. The van der Waals surface area contributed by atoms with Crippen molar-refractivity contribution in [1.82, 2.24) is 10.6 Å². The Morgan fingerprint density at radius 1 is 0.829 bits per heavy atom. The van der Waals surface area contributed by atoms with Gasteiger partial charge in [0.15, 0.2) is 0 Å². The average molecular weight is 473 g/mol. The SMILES string of the molecule is CCC(C)C(NC(=O)COCc1ccccc1)C(=O)NCCC(c1ccccc1)c1ccccc1.